The Morgan fingerprint density at radius 3 is 2.82 bits per heavy atom. The summed E-state index contributed by atoms with van der Waals surface area (Å²) in [6.45, 7) is 1.44. The molecule has 1 N–H and O–H groups in total. The molecule has 5 rings (SSSR count). The number of ether oxygens (including phenoxy) is 1. The summed E-state index contributed by atoms with van der Waals surface area (Å²) < 4.78 is 46.1. The monoisotopic (exact) mass is 492 g/mol. The van der Waals surface area contributed by atoms with E-state index in [0.717, 1.165) is 5.56 Å². The summed E-state index contributed by atoms with van der Waals surface area (Å²) in [7, 11) is 0. The van der Waals surface area contributed by atoms with Crippen LogP contribution in [-0.2, 0) is 4.79 Å². The predicted molar refractivity (Wildman–Crippen MR) is 123 cm³/mol. The number of hydrogen-bond donors (Lipinski definition) is 1. The third-order valence-corrected chi connectivity index (χ3v) is 6.69. The van der Waals surface area contributed by atoms with Crippen molar-refractivity contribution in [2.24, 2.45) is 4.99 Å². The number of rotatable bonds is 3. The predicted octanol–water partition coefficient (Wildman–Crippen LogP) is 4.39. The van der Waals surface area contributed by atoms with Gasteiger partial charge < -0.3 is 15.0 Å². The summed E-state index contributed by atoms with van der Waals surface area (Å²) in [6.07, 6.45) is -3.84. The number of Topliss-reactive ketones (excluding diaryl/α,β-unsaturated/α-hetero) is 1. The zero-order valence-electron chi connectivity index (χ0n) is 18.3. The van der Waals surface area contributed by atoms with Crippen molar-refractivity contribution in [1.29, 1.82) is 0 Å². The molecule has 0 unspecified atom stereocenters. The molecule has 2 saturated heterocycles. The first-order valence-corrected chi connectivity index (χ1v) is 11.6. The van der Waals surface area contributed by atoms with Crippen LogP contribution in [0.1, 0.15) is 18.4 Å². The Balaban J connectivity index is 1.39. The molecule has 2 aromatic rings. The maximum atomic E-state index is 13.3. The zero-order valence-corrected chi connectivity index (χ0v) is 19.1. The second kappa shape index (κ2) is 9.20. The quantitative estimate of drug-likeness (QED) is 0.688. The molecule has 0 radical (unpaired) electrons. The molecule has 0 amide bonds. The van der Waals surface area contributed by atoms with E-state index in [4.69, 9.17) is 21.3 Å². The Morgan fingerprint density at radius 2 is 2.00 bits per heavy atom. The van der Waals surface area contributed by atoms with Crippen LogP contribution in [0.5, 0.6) is 11.5 Å². The lowest BCUT2D eigenvalue weighted by Crippen LogP contribution is -2.58. The SMILES string of the molecule is O=C(CN1CCC[C@H]1C(F)(F)F)[C@@H]1CN(C2=Nc3cc(Cl)ccc3Oc3ccccc32)CCN1. The number of nitrogens with zero attached hydrogens (tertiary/aromatic N) is 3. The standard InChI is InChI=1S/C24H24ClF3N4O2/c25-15-7-8-21-17(12-15)30-23(16-4-1-2-5-20(16)34-21)32-11-9-29-18(13-32)19(33)14-31-10-3-6-22(31)24(26,27)28/h1-2,4-5,7-8,12,18,22,29H,3,6,9-11,13-14H2/t18-,22-/m0/s1. The molecular weight excluding hydrogens is 469 g/mol. The zero-order chi connectivity index (χ0) is 23.9. The van der Waals surface area contributed by atoms with E-state index in [0.29, 0.717) is 54.1 Å². The molecule has 0 saturated carbocycles. The lowest BCUT2D eigenvalue weighted by molar-refractivity contribution is -0.176. The highest BCUT2D eigenvalue weighted by Gasteiger charge is 2.46. The molecule has 6 nitrogen and oxygen atoms in total. The van der Waals surface area contributed by atoms with Gasteiger partial charge in [0.1, 0.15) is 23.3 Å². The van der Waals surface area contributed by atoms with Gasteiger partial charge in [0.05, 0.1) is 18.2 Å². The molecule has 2 aromatic carbocycles. The minimum absolute atomic E-state index is 0.0383. The number of halogens is 4. The van der Waals surface area contributed by atoms with Gasteiger partial charge in [-0.05, 0) is 49.7 Å². The van der Waals surface area contributed by atoms with E-state index in [1.807, 2.05) is 29.2 Å². The number of benzene rings is 2. The Labute approximate surface area is 200 Å². The van der Waals surface area contributed by atoms with E-state index in [1.54, 1.807) is 18.2 Å². The minimum atomic E-state index is -4.32. The summed E-state index contributed by atoms with van der Waals surface area (Å²) >= 11 is 6.19. The number of amidine groups is 1. The number of fused-ring (bicyclic) bond motifs is 2. The fourth-order valence-electron chi connectivity index (χ4n) is 4.79. The molecule has 0 spiro atoms. The first kappa shape index (κ1) is 23.1. The number of nitrogens with one attached hydrogen (secondary N) is 1. The highest BCUT2D eigenvalue weighted by molar-refractivity contribution is 6.31. The molecule has 3 aliphatic heterocycles. The molecule has 180 valence electrons. The van der Waals surface area contributed by atoms with Gasteiger partial charge in [-0.25, -0.2) is 4.99 Å². The second-order valence-electron chi connectivity index (χ2n) is 8.73. The summed E-state index contributed by atoms with van der Waals surface area (Å²) in [5.74, 6) is 1.60. The van der Waals surface area contributed by atoms with Crippen molar-refractivity contribution in [3.63, 3.8) is 0 Å². The Bertz CT molecular complexity index is 1120. The molecule has 34 heavy (non-hydrogen) atoms. The largest absolute Gasteiger partial charge is 0.454 e. The van der Waals surface area contributed by atoms with E-state index in [1.165, 1.54) is 4.90 Å². The summed E-state index contributed by atoms with van der Waals surface area (Å²) in [5, 5.41) is 3.70. The van der Waals surface area contributed by atoms with E-state index in [2.05, 4.69) is 5.32 Å². The average Bonchev–Trinajstić information content (AvgIpc) is 3.22. The van der Waals surface area contributed by atoms with Crippen molar-refractivity contribution < 1.29 is 22.7 Å². The molecule has 0 aromatic heterocycles. The maximum Gasteiger partial charge on any atom is 0.404 e. The molecule has 10 heteroatoms. The van der Waals surface area contributed by atoms with Crippen LogP contribution in [0.2, 0.25) is 5.02 Å². The molecule has 2 fully saturated rings. The van der Waals surface area contributed by atoms with Gasteiger partial charge in [-0.1, -0.05) is 23.7 Å². The number of aliphatic imine (C=N–C) groups is 1. The van der Waals surface area contributed by atoms with Gasteiger partial charge in [0.15, 0.2) is 11.5 Å². The highest BCUT2D eigenvalue weighted by atomic mass is 35.5. The summed E-state index contributed by atoms with van der Waals surface area (Å²) in [5.41, 5.74) is 1.35. The number of piperazine rings is 1. The minimum Gasteiger partial charge on any atom is -0.454 e. The Morgan fingerprint density at radius 1 is 1.18 bits per heavy atom. The normalized spacial score (nSPS) is 22.9. The lowest BCUT2D eigenvalue weighted by Gasteiger charge is -2.36. The van der Waals surface area contributed by atoms with Crippen LogP contribution >= 0.6 is 11.6 Å². The van der Waals surface area contributed by atoms with Gasteiger partial charge in [-0.3, -0.25) is 9.69 Å². The van der Waals surface area contributed by atoms with Crippen molar-refractivity contribution >= 4 is 28.9 Å². The molecular formula is C24H24ClF3N4O2. The van der Waals surface area contributed by atoms with Crippen molar-refractivity contribution in [2.75, 3.05) is 32.7 Å². The van der Waals surface area contributed by atoms with Crippen LogP contribution in [0.15, 0.2) is 47.5 Å². The van der Waals surface area contributed by atoms with Crippen LogP contribution in [0, 0.1) is 0 Å². The molecule has 0 aliphatic carbocycles. The van der Waals surface area contributed by atoms with Gasteiger partial charge in [0, 0.05) is 24.7 Å². The van der Waals surface area contributed by atoms with E-state index >= 15 is 0 Å². The summed E-state index contributed by atoms with van der Waals surface area (Å²) in [6, 6.07) is 10.6. The van der Waals surface area contributed by atoms with E-state index < -0.39 is 18.3 Å². The topological polar surface area (TPSA) is 57.2 Å². The fourth-order valence-corrected chi connectivity index (χ4v) is 4.96. The molecule has 3 aliphatic rings. The lowest BCUT2D eigenvalue weighted by atomic mass is 10.1. The molecule has 3 heterocycles. The van der Waals surface area contributed by atoms with Crippen LogP contribution < -0.4 is 10.1 Å². The third-order valence-electron chi connectivity index (χ3n) is 6.46. The number of carbonyl (C=O) groups excluding carboxylic acids is 1. The molecule has 2 atom stereocenters. The number of carbonyl (C=O) groups is 1. The van der Waals surface area contributed by atoms with Crippen LogP contribution in [0.25, 0.3) is 0 Å². The Kier molecular flexibility index (Phi) is 6.26. The number of hydrogen-bond acceptors (Lipinski definition) is 6. The fraction of sp³-hybridized carbons (Fsp3) is 0.417. The Hall–Kier alpha value is -2.62. The van der Waals surface area contributed by atoms with E-state index in [9.17, 15) is 18.0 Å². The van der Waals surface area contributed by atoms with Crippen molar-refractivity contribution in [3.8, 4) is 11.5 Å². The number of ketones is 1. The average molecular weight is 493 g/mol. The number of alkyl halides is 3. The first-order chi connectivity index (χ1) is 16.3. The summed E-state index contributed by atoms with van der Waals surface area (Å²) in [4.78, 5) is 21.1. The second-order valence-corrected chi connectivity index (χ2v) is 9.17. The molecule has 0 bridgehead atoms. The van der Waals surface area contributed by atoms with Gasteiger partial charge in [0.25, 0.3) is 0 Å². The van der Waals surface area contributed by atoms with Gasteiger partial charge in [-0.2, -0.15) is 13.2 Å². The van der Waals surface area contributed by atoms with Gasteiger partial charge in [0.2, 0.25) is 0 Å². The first-order valence-electron chi connectivity index (χ1n) is 11.3. The van der Waals surface area contributed by atoms with Crippen LogP contribution in [0.3, 0.4) is 0 Å². The highest BCUT2D eigenvalue weighted by Crippen LogP contribution is 2.39. The van der Waals surface area contributed by atoms with Crippen molar-refractivity contribution in [2.45, 2.75) is 31.1 Å². The number of para-hydroxylation sites is 1. The van der Waals surface area contributed by atoms with Gasteiger partial charge >= 0.3 is 6.18 Å². The number of likely N-dealkylation sites (tertiary alicyclic amines) is 1. The van der Waals surface area contributed by atoms with Crippen molar-refractivity contribution in [3.05, 3.63) is 53.1 Å². The van der Waals surface area contributed by atoms with Crippen LogP contribution in [0.4, 0.5) is 18.9 Å². The van der Waals surface area contributed by atoms with E-state index in [-0.39, 0.29) is 25.3 Å². The maximum absolute atomic E-state index is 13.3. The third kappa shape index (κ3) is 4.64. The van der Waals surface area contributed by atoms with Crippen LogP contribution in [-0.4, -0.2) is 72.4 Å². The van der Waals surface area contributed by atoms with Gasteiger partial charge in [-0.15, -0.1) is 0 Å². The smallest absolute Gasteiger partial charge is 0.404 e. The van der Waals surface area contributed by atoms with Crippen molar-refractivity contribution in [1.82, 2.24) is 15.1 Å².